The van der Waals surface area contributed by atoms with Crippen molar-refractivity contribution in [2.24, 2.45) is 5.73 Å². The van der Waals surface area contributed by atoms with Gasteiger partial charge in [-0.1, -0.05) is 54.1 Å². The lowest BCUT2D eigenvalue weighted by atomic mass is 10.1. The molecule has 0 aliphatic heterocycles. The monoisotopic (exact) mass is 371 g/mol. The molecule has 2 aromatic carbocycles. The van der Waals surface area contributed by atoms with Crippen LogP contribution in [0.5, 0.6) is 0 Å². The van der Waals surface area contributed by atoms with E-state index in [-0.39, 0.29) is 11.9 Å². The number of amides is 1. The molecule has 0 spiro atoms. The zero-order valence-electron chi connectivity index (χ0n) is 13.5. The summed E-state index contributed by atoms with van der Waals surface area (Å²) in [5, 5.41) is 6.04. The van der Waals surface area contributed by atoms with E-state index in [1.807, 2.05) is 42.5 Å². The number of nitrogens with one attached hydrogen (secondary N) is 1. The molecule has 0 fully saturated rings. The lowest BCUT2D eigenvalue weighted by molar-refractivity contribution is 0.0946. The molecule has 1 atom stereocenters. The number of carbonyl (C=O) groups excluding carboxylic acids is 1. The molecule has 3 aromatic rings. The normalized spacial score (nSPS) is 11.9. The van der Waals surface area contributed by atoms with E-state index < -0.39 is 0 Å². The van der Waals surface area contributed by atoms with E-state index in [0.717, 1.165) is 16.1 Å². The molecular formula is C19H18ClN3OS. The van der Waals surface area contributed by atoms with Crippen LogP contribution in [-0.4, -0.2) is 10.9 Å². The Morgan fingerprint density at radius 1 is 1.12 bits per heavy atom. The fourth-order valence-corrected chi connectivity index (χ4v) is 3.32. The van der Waals surface area contributed by atoms with Crippen molar-refractivity contribution in [3.05, 3.63) is 86.8 Å². The van der Waals surface area contributed by atoms with Crippen LogP contribution in [0.4, 0.5) is 0 Å². The molecule has 1 aromatic heterocycles. The molecule has 0 saturated heterocycles. The zero-order valence-corrected chi connectivity index (χ0v) is 15.1. The molecule has 0 bridgehead atoms. The van der Waals surface area contributed by atoms with Crippen molar-refractivity contribution >= 4 is 28.8 Å². The molecule has 1 heterocycles. The summed E-state index contributed by atoms with van der Waals surface area (Å²) in [5.74, 6) is -0.204. The molecule has 3 rings (SSSR count). The highest BCUT2D eigenvalue weighted by Gasteiger charge is 2.15. The highest BCUT2D eigenvalue weighted by Crippen LogP contribution is 2.20. The van der Waals surface area contributed by atoms with E-state index in [0.29, 0.717) is 23.7 Å². The van der Waals surface area contributed by atoms with Crippen LogP contribution >= 0.6 is 22.9 Å². The number of thiazole rings is 1. The molecule has 1 unspecified atom stereocenters. The fraction of sp³-hybridized carbons (Fsp3) is 0.158. The van der Waals surface area contributed by atoms with Gasteiger partial charge in [-0.25, -0.2) is 4.98 Å². The van der Waals surface area contributed by atoms with Gasteiger partial charge in [0.15, 0.2) is 0 Å². The molecule has 4 nitrogen and oxygen atoms in total. The molecular weight excluding hydrogens is 354 g/mol. The van der Waals surface area contributed by atoms with Crippen LogP contribution in [0.15, 0.2) is 60.0 Å². The van der Waals surface area contributed by atoms with Crippen molar-refractivity contribution in [3.8, 4) is 0 Å². The van der Waals surface area contributed by atoms with Gasteiger partial charge in [0.2, 0.25) is 0 Å². The Labute approximate surface area is 155 Å². The Morgan fingerprint density at radius 3 is 2.56 bits per heavy atom. The summed E-state index contributed by atoms with van der Waals surface area (Å²) in [5.41, 5.74) is 8.76. The van der Waals surface area contributed by atoms with Gasteiger partial charge in [-0.05, 0) is 29.7 Å². The first-order valence-corrected chi connectivity index (χ1v) is 9.15. The highest BCUT2D eigenvalue weighted by atomic mass is 35.5. The standard InChI is InChI=1S/C19H18ClN3OS/c20-15-8-6-14(7-9-15)11-22-18(24)17-12-25-19(23-17)16(21)10-13-4-2-1-3-5-13/h1-9,12,16H,10-11,21H2,(H,22,24). The first-order valence-electron chi connectivity index (χ1n) is 7.89. The first-order chi connectivity index (χ1) is 12.1. The number of rotatable bonds is 6. The molecule has 1 amide bonds. The molecule has 0 aliphatic carbocycles. The van der Waals surface area contributed by atoms with Crippen LogP contribution in [-0.2, 0) is 13.0 Å². The lowest BCUT2D eigenvalue weighted by Gasteiger charge is -2.08. The van der Waals surface area contributed by atoms with E-state index in [1.165, 1.54) is 11.3 Å². The molecule has 128 valence electrons. The van der Waals surface area contributed by atoms with Crippen molar-refractivity contribution in [2.75, 3.05) is 0 Å². The quantitative estimate of drug-likeness (QED) is 0.688. The summed E-state index contributed by atoms with van der Waals surface area (Å²) < 4.78 is 0. The number of aromatic nitrogens is 1. The number of hydrogen-bond donors (Lipinski definition) is 2. The first kappa shape index (κ1) is 17.6. The second kappa shape index (κ2) is 8.25. The number of nitrogens with zero attached hydrogens (tertiary/aromatic N) is 1. The molecule has 3 N–H and O–H groups in total. The Bertz CT molecular complexity index is 833. The van der Waals surface area contributed by atoms with Gasteiger partial charge < -0.3 is 11.1 Å². The summed E-state index contributed by atoms with van der Waals surface area (Å²) >= 11 is 7.27. The average molecular weight is 372 g/mol. The maximum Gasteiger partial charge on any atom is 0.271 e. The SMILES string of the molecule is NC(Cc1ccccc1)c1nc(C(=O)NCc2ccc(Cl)cc2)cs1. The summed E-state index contributed by atoms with van der Waals surface area (Å²) in [4.78, 5) is 16.6. The molecule has 25 heavy (non-hydrogen) atoms. The van der Waals surface area contributed by atoms with Gasteiger partial charge in [-0.15, -0.1) is 11.3 Å². The molecule has 0 saturated carbocycles. The molecule has 6 heteroatoms. The van der Waals surface area contributed by atoms with Gasteiger partial charge in [0, 0.05) is 16.9 Å². The van der Waals surface area contributed by atoms with Gasteiger partial charge >= 0.3 is 0 Å². The van der Waals surface area contributed by atoms with Crippen LogP contribution in [0.2, 0.25) is 5.02 Å². The van der Waals surface area contributed by atoms with E-state index in [9.17, 15) is 4.79 Å². The number of nitrogens with two attached hydrogens (primary N) is 1. The van der Waals surface area contributed by atoms with E-state index in [2.05, 4.69) is 10.3 Å². The Hall–Kier alpha value is -2.21. The third-order valence-corrected chi connectivity index (χ3v) is 4.97. The third kappa shape index (κ3) is 4.89. The van der Waals surface area contributed by atoms with Gasteiger partial charge in [-0.2, -0.15) is 0 Å². The fourth-order valence-electron chi connectivity index (χ4n) is 2.39. The van der Waals surface area contributed by atoms with E-state index >= 15 is 0 Å². The van der Waals surface area contributed by atoms with Crippen LogP contribution in [0.1, 0.15) is 32.7 Å². The summed E-state index contributed by atoms with van der Waals surface area (Å²) in [7, 11) is 0. The highest BCUT2D eigenvalue weighted by molar-refractivity contribution is 7.09. The van der Waals surface area contributed by atoms with Crippen LogP contribution in [0.25, 0.3) is 0 Å². The van der Waals surface area contributed by atoms with Crippen molar-refractivity contribution in [1.29, 1.82) is 0 Å². The minimum atomic E-state index is -0.217. The van der Waals surface area contributed by atoms with Crippen molar-refractivity contribution in [2.45, 2.75) is 19.0 Å². The van der Waals surface area contributed by atoms with Crippen molar-refractivity contribution < 1.29 is 4.79 Å². The molecule has 0 radical (unpaired) electrons. The van der Waals surface area contributed by atoms with Gasteiger partial charge in [0.1, 0.15) is 10.7 Å². The van der Waals surface area contributed by atoms with Crippen molar-refractivity contribution in [1.82, 2.24) is 10.3 Å². The summed E-state index contributed by atoms with van der Waals surface area (Å²) in [6.07, 6.45) is 0.695. The van der Waals surface area contributed by atoms with E-state index in [1.54, 1.807) is 17.5 Å². The zero-order chi connectivity index (χ0) is 17.6. The smallest absolute Gasteiger partial charge is 0.271 e. The van der Waals surface area contributed by atoms with Gasteiger partial charge in [0.25, 0.3) is 5.91 Å². The second-order valence-corrected chi connectivity index (χ2v) is 7.00. The van der Waals surface area contributed by atoms with Crippen LogP contribution in [0, 0.1) is 0 Å². The van der Waals surface area contributed by atoms with Crippen molar-refractivity contribution in [3.63, 3.8) is 0 Å². The Morgan fingerprint density at radius 2 is 1.84 bits per heavy atom. The van der Waals surface area contributed by atoms with Crippen LogP contribution in [0.3, 0.4) is 0 Å². The Kier molecular flexibility index (Phi) is 5.81. The summed E-state index contributed by atoms with van der Waals surface area (Å²) in [6.45, 7) is 0.429. The van der Waals surface area contributed by atoms with Crippen LogP contribution < -0.4 is 11.1 Å². The minimum Gasteiger partial charge on any atom is -0.347 e. The van der Waals surface area contributed by atoms with E-state index in [4.69, 9.17) is 17.3 Å². The Balaban J connectivity index is 1.58. The topological polar surface area (TPSA) is 68.0 Å². The summed E-state index contributed by atoms with van der Waals surface area (Å²) in [6, 6.07) is 17.2. The molecule has 0 aliphatic rings. The maximum atomic E-state index is 12.2. The minimum absolute atomic E-state index is 0.204. The van der Waals surface area contributed by atoms with Gasteiger partial charge in [-0.3, -0.25) is 4.79 Å². The number of hydrogen-bond acceptors (Lipinski definition) is 4. The number of halogens is 1. The number of carbonyl (C=O) groups is 1. The lowest BCUT2D eigenvalue weighted by Crippen LogP contribution is -2.23. The second-order valence-electron chi connectivity index (χ2n) is 5.68. The van der Waals surface area contributed by atoms with Gasteiger partial charge in [0.05, 0.1) is 6.04 Å². The number of benzene rings is 2. The average Bonchev–Trinajstić information content (AvgIpc) is 3.12. The maximum absolute atomic E-state index is 12.2. The predicted octanol–water partition coefficient (Wildman–Crippen LogP) is 3.97. The largest absolute Gasteiger partial charge is 0.347 e. The third-order valence-electron chi connectivity index (χ3n) is 3.74. The predicted molar refractivity (Wildman–Crippen MR) is 102 cm³/mol.